The van der Waals surface area contributed by atoms with Crippen LogP contribution in [0.25, 0.3) is 0 Å². The Balaban J connectivity index is 2.28. The van der Waals surface area contributed by atoms with E-state index in [9.17, 15) is 4.79 Å². The van der Waals surface area contributed by atoms with Crippen LogP contribution >= 0.6 is 11.3 Å². The first-order valence-electron chi connectivity index (χ1n) is 6.08. The summed E-state index contributed by atoms with van der Waals surface area (Å²) in [5.41, 5.74) is 1.07. The maximum atomic E-state index is 11.7. The Labute approximate surface area is 102 Å². The first kappa shape index (κ1) is 13.4. The summed E-state index contributed by atoms with van der Waals surface area (Å²) in [5.74, 6) is 0.338. The molecule has 0 radical (unpaired) electrons. The number of thiazole rings is 1. The van der Waals surface area contributed by atoms with Crippen molar-refractivity contribution in [3.63, 3.8) is 0 Å². The number of hydrogen-bond donors (Lipinski definition) is 0. The molecule has 1 aromatic heterocycles. The van der Waals surface area contributed by atoms with Gasteiger partial charge in [0.05, 0.1) is 12.1 Å². The molecule has 3 heteroatoms. The Kier molecular flexibility index (Phi) is 5.67. The van der Waals surface area contributed by atoms with Crippen molar-refractivity contribution in [2.24, 2.45) is 0 Å². The second-order valence-electron chi connectivity index (χ2n) is 4.28. The van der Waals surface area contributed by atoms with Crippen molar-refractivity contribution in [1.29, 1.82) is 0 Å². The molecule has 0 aromatic carbocycles. The molecule has 1 heterocycles. The topological polar surface area (TPSA) is 30.0 Å². The normalized spacial score (nSPS) is 10.7. The van der Waals surface area contributed by atoms with Gasteiger partial charge < -0.3 is 0 Å². The fourth-order valence-corrected chi connectivity index (χ4v) is 2.58. The number of carbonyl (C=O) groups is 1. The van der Waals surface area contributed by atoms with Crippen LogP contribution in [0.4, 0.5) is 0 Å². The van der Waals surface area contributed by atoms with E-state index in [0.717, 1.165) is 23.5 Å². The van der Waals surface area contributed by atoms with Crippen LogP contribution < -0.4 is 0 Å². The molecule has 0 bridgehead atoms. The summed E-state index contributed by atoms with van der Waals surface area (Å²) in [6.45, 7) is 6.24. The van der Waals surface area contributed by atoms with Gasteiger partial charge in [-0.2, -0.15) is 0 Å². The van der Waals surface area contributed by atoms with Gasteiger partial charge in [-0.05, 0) is 20.3 Å². The SMILES string of the molecule is CCCCCCC(=O)Cc1nc(C)c(C)s1. The molecule has 0 amide bonds. The number of ketones is 1. The lowest BCUT2D eigenvalue weighted by atomic mass is 10.1. The number of unbranched alkanes of at least 4 members (excludes halogenated alkanes) is 3. The van der Waals surface area contributed by atoms with Crippen molar-refractivity contribution < 1.29 is 4.79 Å². The Morgan fingerprint density at radius 3 is 2.56 bits per heavy atom. The number of Topliss-reactive ketones (excluding diaryl/α,β-unsaturated/α-hetero) is 1. The van der Waals surface area contributed by atoms with Crippen LogP contribution in [0.2, 0.25) is 0 Å². The average Bonchev–Trinajstić information content (AvgIpc) is 2.53. The number of hydrogen-bond acceptors (Lipinski definition) is 3. The minimum absolute atomic E-state index is 0.338. The maximum Gasteiger partial charge on any atom is 0.139 e. The lowest BCUT2D eigenvalue weighted by Crippen LogP contribution is -2.02. The molecular weight excluding hydrogens is 218 g/mol. The predicted octanol–water partition coefficient (Wildman–Crippen LogP) is 3.84. The predicted molar refractivity (Wildman–Crippen MR) is 69.1 cm³/mol. The molecular formula is C13H21NOS. The zero-order chi connectivity index (χ0) is 12.0. The lowest BCUT2D eigenvalue weighted by molar-refractivity contribution is -0.118. The Morgan fingerprint density at radius 1 is 1.25 bits per heavy atom. The zero-order valence-electron chi connectivity index (χ0n) is 10.5. The van der Waals surface area contributed by atoms with Gasteiger partial charge in [-0.25, -0.2) is 4.98 Å². The standard InChI is InChI=1S/C13H21NOS/c1-4-5-6-7-8-12(15)9-13-14-10(2)11(3)16-13/h4-9H2,1-3H3. The van der Waals surface area contributed by atoms with Crippen LogP contribution in [0.1, 0.15) is 54.6 Å². The number of aryl methyl sites for hydroxylation is 2. The van der Waals surface area contributed by atoms with E-state index < -0.39 is 0 Å². The number of nitrogens with zero attached hydrogens (tertiary/aromatic N) is 1. The molecule has 90 valence electrons. The minimum atomic E-state index is 0.338. The van der Waals surface area contributed by atoms with Crippen molar-refractivity contribution in [1.82, 2.24) is 4.98 Å². The molecule has 0 N–H and O–H groups in total. The van der Waals surface area contributed by atoms with E-state index in [-0.39, 0.29) is 0 Å². The van der Waals surface area contributed by atoms with Crippen LogP contribution in [-0.4, -0.2) is 10.8 Å². The van der Waals surface area contributed by atoms with Gasteiger partial charge in [0.2, 0.25) is 0 Å². The largest absolute Gasteiger partial charge is 0.299 e. The molecule has 1 aromatic rings. The van der Waals surface area contributed by atoms with Crippen LogP contribution in [0.15, 0.2) is 0 Å². The molecule has 0 unspecified atom stereocenters. The maximum absolute atomic E-state index is 11.7. The van der Waals surface area contributed by atoms with E-state index in [1.807, 2.05) is 6.92 Å². The Morgan fingerprint density at radius 2 is 2.00 bits per heavy atom. The molecule has 0 spiro atoms. The fourth-order valence-electron chi connectivity index (χ4n) is 1.62. The summed E-state index contributed by atoms with van der Waals surface area (Å²) in [5, 5.41) is 0.982. The highest BCUT2D eigenvalue weighted by atomic mass is 32.1. The second kappa shape index (κ2) is 6.79. The highest BCUT2D eigenvalue weighted by molar-refractivity contribution is 7.11. The minimum Gasteiger partial charge on any atom is -0.299 e. The van der Waals surface area contributed by atoms with Crippen molar-refractivity contribution in [3.8, 4) is 0 Å². The second-order valence-corrected chi connectivity index (χ2v) is 5.56. The number of carbonyl (C=O) groups excluding carboxylic acids is 1. The molecule has 16 heavy (non-hydrogen) atoms. The van der Waals surface area contributed by atoms with Gasteiger partial charge in [0.1, 0.15) is 10.8 Å². The summed E-state index contributed by atoms with van der Waals surface area (Å²) >= 11 is 1.65. The molecule has 0 aliphatic heterocycles. The summed E-state index contributed by atoms with van der Waals surface area (Å²) in [4.78, 5) is 17.3. The van der Waals surface area contributed by atoms with Gasteiger partial charge in [0.15, 0.2) is 0 Å². The molecule has 0 atom stereocenters. The van der Waals surface area contributed by atoms with E-state index in [1.54, 1.807) is 11.3 Å². The summed E-state index contributed by atoms with van der Waals surface area (Å²) in [7, 11) is 0. The fraction of sp³-hybridized carbons (Fsp3) is 0.692. The van der Waals surface area contributed by atoms with E-state index in [4.69, 9.17) is 0 Å². The van der Waals surface area contributed by atoms with E-state index in [2.05, 4.69) is 18.8 Å². The summed E-state index contributed by atoms with van der Waals surface area (Å²) in [6, 6.07) is 0. The molecule has 0 saturated heterocycles. The summed E-state index contributed by atoms with van der Waals surface area (Å²) < 4.78 is 0. The molecule has 0 fully saturated rings. The van der Waals surface area contributed by atoms with Crippen molar-refractivity contribution in [2.75, 3.05) is 0 Å². The van der Waals surface area contributed by atoms with Gasteiger partial charge in [-0.15, -0.1) is 11.3 Å². The third-order valence-electron chi connectivity index (χ3n) is 2.73. The van der Waals surface area contributed by atoms with Crippen molar-refractivity contribution in [3.05, 3.63) is 15.6 Å². The van der Waals surface area contributed by atoms with Gasteiger partial charge in [-0.1, -0.05) is 26.2 Å². The average molecular weight is 239 g/mol. The van der Waals surface area contributed by atoms with Crippen molar-refractivity contribution in [2.45, 2.75) is 59.3 Å². The van der Waals surface area contributed by atoms with E-state index >= 15 is 0 Å². The van der Waals surface area contributed by atoms with Gasteiger partial charge >= 0.3 is 0 Å². The number of rotatable bonds is 7. The molecule has 1 rings (SSSR count). The van der Waals surface area contributed by atoms with Crippen LogP contribution in [-0.2, 0) is 11.2 Å². The van der Waals surface area contributed by atoms with Gasteiger partial charge in [-0.3, -0.25) is 4.79 Å². The first-order valence-corrected chi connectivity index (χ1v) is 6.89. The van der Waals surface area contributed by atoms with Crippen molar-refractivity contribution >= 4 is 17.1 Å². The van der Waals surface area contributed by atoms with Gasteiger partial charge in [0.25, 0.3) is 0 Å². The highest BCUT2D eigenvalue weighted by Crippen LogP contribution is 2.17. The monoisotopic (exact) mass is 239 g/mol. The molecule has 0 aliphatic carbocycles. The lowest BCUT2D eigenvalue weighted by Gasteiger charge is -1.98. The quantitative estimate of drug-likeness (QED) is 0.677. The number of aromatic nitrogens is 1. The van der Waals surface area contributed by atoms with Crippen LogP contribution in [0.5, 0.6) is 0 Å². The third-order valence-corrected chi connectivity index (χ3v) is 3.80. The highest BCUT2D eigenvalue weighted by Gasteiger charge is 2.08. The van der Waals surface area contributed by atoms with E-state index in [1.165, 1.54) is 24.1 Å². The molecule has 0 aliphatic rings. The van der Waals surface area contributed by atoms with Crippen LogP contribution in [0.3, 0.4) is 0 Å². The zero-order valence-corrected chi connectivity index (χ0v) is 11.3. The van der Waals surface area contributed by atoms with Crippen LogP contribution in [0, 0.1) is 13.8 Å². The third kappa shape index (κ3) is 4.44. The summed E-state index contributed by atoms with van der Waals surface area (Å²) in [6.07, 6.45) is 5.93. The van der Waals surface area contributed by atoms with Gasteiger partial charge in [0, 0.05) is 11.3 Å². The molecule has 0 saturated carbocycles. The smallest absolute Gasteiger partial charge is 0.139 e. The Hall–Kier alpha value is -0.700. The Bertz CT molecular complexity index is 324. The molecule has 2 nitrogen and oxygen atoms in total. The van der Waals surface area contributed by atoms with E-state index in [0.29, 0.717) is 12.2 Å². The first-order chi connectivity index (χ1) is 7.63.